The van der Waals surface area contributed by atoms with E-state index in [0.29, 0.717) is 19.3 Å². The number of carboxylic acid groups (broad SMARTS) is 1. The van der Waals surface area contributed by atoms with Gasteiger partial charge in [0.2, 0.25) is 0 Å². The predicted octanol–water partition coefficient (Wildman–Crippen LogP) is 11.2. The summed E-state index contributed by atoms with van der Waals surface area (Å²) in [7, 11) is 5.51. The molecular formula is C45H80NO7+. The second kappa shape index (κ2) is 36.3. The van der Waals surface area contributed by atoms with Crippen molar-refractivity contribution in [3.8, 4) is 0 Å². The molecule has 8 heteroatoms. The molecule has 2 atom stereocenters. The number of carbonyl (C=O) groups is 3. The molecule has 0 aromatic rings. The lowest BCUT2D eigenvalue weighted by Crippen LogP contribution is -2.50. The normalized spacial score (nSPS) is 13.5. The summed E-state index contributed by atoms with van der Waals surface area (Å²) in [6, 6.07) is -0.618. The third-order valence-corrected chi connectivity index (χ3v) is 9.24. The first kappa shape index (κ1) is 50.3. The molecule has 1 N–H and O–H groups in total. The molecular weight excluding hydrogens is 666 g/mol. The van der Waals surface area contributed by atoms with Crippen LogP contribution in [0.5, 0.6) is 0 Å². The number of ether oxygens (including phenoxy) is 3. The second-order valence-electron chi connectivity index (χ2n) is 15.2. The van der Waals surface area contributed by atoms with Gasteiger partial charge < -0.3 is 23.8 Å². The number of hydrogen-bond donors (Lipinski definition) is 1. The molecule has 0 aliphatic rings. The molecule has 0 aliphatic heterocycles. The first-order valence-corrected chi connectivity index (χ1v) is 21.2. The van der Waals surface area contributed by atoms with Crippen molar-refractivity contribution in [3.63, 3.8) is 0 Å². The average molecular weight is 747 g/mol. The SMILES string of the molecule is CC/C=C/C/C=C/C/C=C/C/C=C/CCCCCC(=O)OCC(COCCC(C(=O)O)[N+](C)(C)C)OC(=O)CCCCCCCCCCCCCCC. The summed E-state index contributed by atoms with van der Waals surface area (Å²) < 4.78 is 17.2. The van der Waals surface area contributed by atoms with Gasteiger partial charge in [0.05, 0.1) is 34.4 Å². The van der Waals surface area contributed by atoms with Crippen LogP contribution < -0.4 is 0 Å². The lowest BCUT2D eigenvalue weighted by molar-refractivity contribution is -0.887. The van der Waals surface area contributed by atoms with Crippen molar-refractivity contribution in [2.24, 2.45) is 0 Å². The number of allylic oxidation sites excluding steroid dienone is 8. The van der Waals surface area contributed by atoms with Gasteiger partial charge in [0.1, 0.15) is 6.61 Å². The van der Waals surface area contributed by atoms with Crippen molar-refractivity contribution in [1.82, 2.24) is 0 Å². The van der Waals surface area contributed by atoms with Crippen LogP contribution in [0.15, 0.2) is 48.6 Å². The van der Waals surface area contributed by atoms with E-state index < -0.39 is 18.1 Å². The Kier molecular flexibility index (Phi) is 34.4. The van der Waals surface area contributed by atoms with Gasteiger partial charge in [0.25, 0.3) is 0 Å². The number of esters is 2. The molecule has 0 amide bonds. The zero-order valence-corrected chi connectivity index (χ0v) is 34.7. The number of unbranched alkanes of at least 4 members (excludes halogenated alkanes) is 15. The number of rotatable bonds is 37. The zero-order valence-electron chi connectivity index (χ0n) is 34.7. The van der Waals surface area contributed by atoms with E-state index in [4.69, 9.17) is 14.2 Å². The molecule has 53 heavy (non-hydrogen) atoms. The fourth-order valence-corrected chi connectivity index (χ4v) is 5.96. The highest BCUT2D eigenvalue weighted by Gasteiger charge is 2.31. The number of quaternary nitrogens is 1. The van der Waals surface area contributed by atoms with Crippen LogP contribution in [0.2, 0.25) is 0 Å². The Morgan fingerprint density at radius 3 is 1.57 bits per heavy atom. The number of likely N-dealkylation sites (N-methyl/N-ethyl adjacent to an activating group) is 1. The summed E-state index contributed by atoms with van der Waals surface area (Å²) in [6.45, 7) is 4.58. The molecule has 0 saturated carbocycles. The highest BCUT2D eigenvalue weighted by atomic mass is 16.6. The van der Waals surface area contributed by atoms with Gasteiger partial charge in [-0.2, -0.15) is 0 Å². The van der Waals surface area contributed by atoms with Crippen molar-refractivity contribution in [2.45, 2.75) is 180 Å². The first-order chi connectivity index (χ1) is 25.6. The molecule has 0 saturated heterocycles. The summed E-state index contributed by atoms with van der Waals surface area (Å²) in [5.41, 5.74) is 0. The van der Waals surface area contributed by atoms with Gasteiger partial charge in [-0.15, -0.1) is 0 Å². The molecule has 0 aromatic heterocycles. The Labute approximate surface area is 325 Å². The fraction of sp³-hybridized carbons (Fsp3) is 0.756. The van der Waals surface area contributed by atoms with E-state index in [1.54, 1.807) is 0 Å². The molecule has 0 radical (unpaired) electrons. The lowest BCUT2D eigenvalue weighted by Gasteiger charge is -2.31. The van der Waals surface area contributed by atoms with E-state index in [0.717, 1.165) is 70.6 Å². The van der Waals surface area contributed by atoms with Gasteiger partial charge in [0.15, 0.2) is 12.1 Å². The average Bonchev–Trinajstić information content (AvgIpc) is 3.11. The van der Waals surface area contributed by atoms with Gasteiger partial charge in [-0.3, -0.25) is 9.59 Å². The van der Waals surface area contributed by atoms with Crippen molar-refractivity contribution in [2.75, 3.05) is 41.0 Å². The van der Waals surface area contributed by atoms with Crippen LogP contribution in [-0.4, -0.2) is 80.6 Å². The van der Waals surface area contributed by atoms with Gasteiger partial charge in [-0.25, -0.2) is 4.79 Å². The topological polar surface area (TPSA) is 99.1 Å². The Hall–Kier alpha value is -2.71. The van der Waals surface area contributed by atoms with E-state index in [1.807, 2.05) is 21.1 Å². The van der Waals surface area contributed by atoms with Crippen molar-refractivity contribution < 1.29 is 38.2 Å². The van der Waals surface area contributed by atoms with Crippen LogP contribution in [0, 0.1) is 0 Å². The molecule has 8 nitrogen and oxygen atoms in total. The van der Waals surface area contributed by atoms with Crippen molar-refractivity contribution in [3.05, 3.63) is 48.6 Å². The summed E-state index contributed by atoms with van der Waals surface area (Å²) in [5, 5.41) is 9.60. The number of carboxylic acids is 1. The minimum absolute atomic E-state index is 0.0516. The third-order valence-electron chi connectivity index (χ3n) is 9.24. The Morgan fingerprint density at radius 2 is 1.06 bits per heavy atom. The molecule has 0 spiro atoms. The zero-order chi connectivity index (χ0) is 39.3. The van der Waals surface area contributed by atoms with Crippen LogP contribution in [0.1, 0.15) is 168 Å². The first-order valence-electron chi connectivity index (χ1n) is 21.2. The predicted molar refractivity (Wildman–Crippen MR) is 220 cm³/mol. The van der Waals surface area contributed by atoms with Gasteiger partial charge in [-0.1, -0.05) is 146 Å². The van der Waals surface area contributed by atoms with Gasteiger partial charge in [-0.05, 0) is 51.4 Å². The monoisotopic (exact) mass is 747 g/mol. The Morgan fingerprint density at radius 1 is 0.585 bits per heavy atom. The molecule has 0 aliphatic carbocycles. The summed E-state index contributed by atoms with van der Waals surface area (Å²) in [5.74, 6) is -1.51. The van der Waals surface area contributed by atoms with Crippen LogP contribution in [0.3, 0.4) is 0 Å². The maximum atomic E-state index is 12.7. The standard InChI is InChI=1S/C45H79NO7/c1-6-8-10-12-14-16-18-20-21-22-24-25-27-29-31-33-35-43(47)52-40-41(39-51-38-37-42(45(49)50)46(3,4)5)53-44(48)36-34-32-30-28-26-23-19-17-15-13-11-9-7-2/h8,10,14,16,20-21,24-25,41-42H,6-7,9,11-13,15,17-19,22-23,26-40H2,1-5H3/p+1/b10-8+,16-14+,21-20+,25-24+. The number of aliphatic carboxylic acids is 1. The van der Waals surface area contributed by atoms with Gasteiger partial charge in [0, 0.05) is 19.3 Å². The van der Waals surface area contributed by atoms with Crippen LogP contribution in [0.25, 0.3) is 0 Å². The largest absolute Gasteiger partial charge is 0.477 e. The lowest BCUT2D eigenvalue weighted by atomic mass is 10.0. The maximum absolute atomic E-state index is 12.7. The smallest absolute Gasteiger partial charge is 0.362 e. The minimum atomic E-state index is -0.880. The maximum Gasteiger partial charge on any atom is 0.362 e. The van der Waals surface area contributed by atoms with Crippen LogP contribution in [0.4, 0.5) is 0 Å². The van der Waals surface area contributed by atoms with Crippen molar-refractivity contribution >= 4 is 17.9 Å². The van der Waals surface area contributed by atoms with Crippen LogP contribution in [-0.2, 0) is 28.6 Å². The molecule has 2 unspecified atom stereocenters. The molecule has 0 heterocycles. The molecule has 0 fully saturated rings. The molecule has 0 bridgehead atoms. The molecule has 0 aromatic carbocycles. The van der Waals surface area contributed by atoms with E-state index in [1.165, 1.54) is 64.2 Å². The van der Waals surface area contributed by atoms with E-state index in [2.05, 4.69) is 62.5 Å². The molecule has 306 valence electrons. The summed E-state index contributed by atoms with van der Waals surface area (Å²) in [4.78, 5) is 36.9. The Balaban J connectivity index is 4.42. The van der Waals surface area contributed by atoms with Crippen molar-refractivity contribution in [1.29, 1.82) is 0 Å². The van der Waals surface area contributed by atoms with Gasteiger partial charge >= 0.3 is 17.9 Å². The van der Waals surface area contributed by atoms with E-state index in [-0.39, 0.29) is 36.2 Å². The third kappa shape index (κ3) is 34.8. The van der Waals surface area contributed by atoms with E-state index >= 15 is 0 Å². The minimum Gasteiger partial charge on any atom is -0.477 e. The number of nitrogens with zero attached hydrogens (tertiary/aromatic N) is 1. The second-order valence-corrected chi connectivity index (χ2v) is 15.2. The van der Waals surface area contributed by atoms with Crippen LogP contribution >= 0.6 is 0 Å². The number of carbonyl (C=O) groups excluding carboxylic acids is 2. The molecule has 0 rings (SSSR count). The highest BCUT2D eigenvalue weighted by molar-refractivity contribution is 5.72. The van der Waals surface area contributed by atoms with E-state index in [9.17, 15) is 19.5 Å². The quantitative estimate of drug-likeness (QED) is 0.0292. The summed E-state index contributed by atoms with van der Waals surface area (Å²) in [6.07, 6.45) is 41.5. The Bertz CT molecular complexity index is 1010. The highest BCUT2D eigenvalue weighted by Crippen LogP contribution is 2.14. The fourth-order valence-electron chi connectivity index (χ4n) is 5.96. The number of hydrogen-bond acceptors (Lipinski definition) is 6. The summed E-state index contributed by atoms with van der Waals surface area (Å²) >= 11 is 0.